The molecule has 0 radical (unpaired) electrons. The number of hydrogen-bond acceptors (Lipinski definition) is 3. The molecule has 0 amide bonds. The normalized spacial score (nSPS) is 12.2. The van der Waals surface area contributed by atoms with Crippen LogP contribution in [0.5, 0.6) is 5.75 Å². The standard InChI is InChI=1S/C19H20ClFN4OS/c1-23(11-13-10-14(20)8-9-17(13)26-3)12-25-19(27)24(2)18(22-25)15-6-4-5-7-16(15)21/h4-10H,11-12H2,1-3H3/p+1. The molecule has 0 saturated carbocycles. The van der Waals surface area contributed by atoms with Gasteiger partial charge in [0.25, 0.3) is 0 Å². The number of benzene rings is 2. The Balaban J connectivity index is 1.84. The van der Waals surface area contributed by atoms with Crippen molar-refractivity contribution < 1.29 is 14.0 Å². The molecule has 3 aromatic rings. The zero-order valence-electron chi connectivity index (χ0n) is 15.4. The molecule has 5 nitrogen and oxygen atoms in total. The number of nitrogens with one attached hydrogen (secondary N) is 1. The first-order valence-electron chi connectivity index (χ1n) is 8.43. The van der Waals surface area contributed by atoms with Crippen LogP contribution in [0.15, 0.2) is 42.5 Å². The highest BCUT2D eigenvalue weighted by Crippen LogP contribution is 2.22. The monoisotopic (exact) mass is 407 g/mol. The first-order valence-corrected chi connectivity index (χ1v) is 9.21. The van der Waals surface area contributed by atoms with E-state index < -0.39 is 0 Å². The van der Waals surface area contributed by atoms with Gasteiger partial charge in [-0.3, -0.25) is 0 Å². The van der Waals surface area contributed by atoms with Crippen LogP contribution >= 0.6 is 23.8 Å². The lowest BCUT2D eigenvalue weighted by atomic mass is 10.2. The molecule has 1 aromatic heterocycles. The second-order valence-electron chi connectivity index (χ2n) is 6.39. The Morgan fingerprint density at radius 3 is 2.70 bits per heavy atom. The zero-order chi connectivity index (χ0) is 19.6. The largest absolute Gasteiger partial charge is 0.496 e. The molecule has 1 heterocycles. The van der Waals surface area contributed by atoms with Gasteiger partial charge >= 0.3 is 0 Å². The van der Waals surface area contributed by atoms with E-state index >= 15 is 0 Å². The maximum Gasteiger partial charge on any atom is 0.202 e. The van der Waals surface area contributed by atoms with Crippen LogP contribution in [0.3, 0.4) is 0 Å². The summed E-state index contributed by atoms with van der Waals surface area (Å²) in [4.78, 5) is 1.13. The molecule has 0 saturated heterocycles. The maximum atomic E-state index is 14.1. The van der Waals surface area contributed by atoms with E-state index in [0.29, 0.717) is 34.4 Å². The number of methoxy groups -OCH3 is 1. The molecule has 8 heteroatoms. The van der Waals surface area contributed by atoms with Gasteiger partial charge < -0.3 is 14.2 Å². The van der Waals surface area contributed by atoms with Crippen LogP contribution in [0.1, 0.15) is 5.56 Å². The predicted molar refractivity (Wildman–Crippen MR) is 106 cm³/mol. The van der Waals surface area contributed by atoms with Crippen molar-refractivity contribution in [3.8, 4) is 17.1 Å². The Kier molecular flexibility index (Phi) is 5.94. The van der Waals surface area contributed by atoms with Crippen LogP contribution in [0.4, 0.5) is 4.39 Å². The van der Waals surface area contributed by atoms with Crippen LogP contribution in [0.2, 0.25) is 5.02 Å². The Hall–Kier alpha value is -2.22. The summed E-state index contributed by atoms with van der Waals surface area (Å²) in [6, 6.07) is 12.1. The molecule has 2 aromatic carbocycles. The van der Waals surface area contributed by atoms with Gasteiger partial charge in [0.2, 0.25) is 4.77 Å². The molecule has 1 atom stereocenters. The smallest absolute Gasteiger partial charge is 0.202 e. The number of ether oxygens (including phenoxy) is 1. The second kappa shape index (κ2) is 8.21. The lowest BCUT2D eigenvalue weighted by Crippen LogP contribution is -3.07. The molecule has 0 spiro atoms. The van der Waals surface area contributed by atoms with E-state index in [9.17, 15) is 4.39 Å². The second-order valence-corrected chi connectivity index (χ2v) is 7.19. The SMILES string of the molecule is COc1ccc(Cl)cc1C[NH+](C)Cn1nc(-c2ccccc2F)n(C)c1=S. The average Bonchev–Trinajstić information content (AvgIpc) is 2.90. The summed E-state index contributed by atoms with van der Waals surface area (Å²) in [5.41, 5.74) is 1.43. The van der Waals surface area contributed by atoms with Gasteiger partial charge in [0.15, 0.2) is 12.5 Å². The molecule has 0 aliphatic rings. The fraction of sp³-hybridized carbons (Fsp3) is 0.263. The van der Waals surface area contributed by atoms with Crippen molar-refractivity contribution in [3.05, 3.63) is 63.6 Å². The van der Waals surface area contributed by atoms with Gasteiger partial charge in [-0.1, -0.05) is 23.7 Å². The fourth-order valence-corrected chi connectivity index (χ4v) is 3.38. The Morgan fingerprint density at radius 1 is 1.26 bits per heavy atom. The van der Waals surface area contributed by atoms with Gasteiger partial charge in [-0.2, -0.15) is 4.68 Å². The van der Waals surface area contributed by atoms with E-state index in [1.807, 2.05) is 19.2 Å². The van der Waals surface area contributed by atoms with E-state index in [1.165, 1.54) is 6.07 Å². The van der Waals surface area contributed by atoms with Crippen LogP contribution in [0, 0.1) is 10.6 Å². The fourth-order valence-electron chi connectivity index (χ4n) is 2.99. The Bertz CT molecular complexity index is 1020. The minimum atomic E-state index is -0.322. The van der Waals surface area contributed by atoms with Gasteiger partial charge in [0, 0.05) is 17.6 Å². The maximum absolute atomic E-state index is 14.1. The molecular formula is C19H21ClFN4OS+. The van der Waals surface area contributed by atoms with Gasteiger partial charge in [-0.25, -0.2) is 4.39 Å². The third-order valence-corrected chi connectivity index (χ3v) is 5.03. The molecule has 0 aliphatic heterocycles. The molecule has 1 N–H and O–H groups in total. The molecule has 142 valence electrons. The summed E-state index contributed by atoms with van der Waals surface area (Å²) in [5, 5.41) is 5.20. The topological polar surface area (TPSA) is 36.4 Å². The Morgan fingerprint density at radius 2 is 2.00 bits per heavy atom. The van der Waals surface area contributed by atoms with E-state index in [1.54, 1.807) is 47.7 Å². The molecule has 27 heavy (non-hydrogen) atoms. The summed E-state index contributed by atoms with van der Waals surface area (Å²) in [5.74, 6) is 0.971. The van der Waals surface area contributed by atoms with Crippen molar-refractivity contribution in [2.24, 2.45) is 7.05 Å². The van der Waals surface area contributed by atoms with Crippen molar-refractivity contribution >= 4 is 23.8 Å². The van der Waals surface area contributed by atoms with Gasteiger partial charge in [-0.05, 0) is 42.5 Å². The summed E-state index contributed by atoms with van der Waals surface area (Å²) in [7, 11) is 5.46. The minimum Gasteiger partial charge on any atom is -0.496 e. The van der Waals surface area contributed by atoms with Crippen LogP contribution in [-0.2, 0) is 20.3 Å². The summed E-state index contributed by atoms with van der Waals surface area (Å²) >= 11 is 11.6. The Labute approximate surface area is 167 Å². The van der Waals surface area contributed by atoms with Crippen molar-refractivity contribution in [2.45, 2.75) is 13.2 Å². The number of aromatic nitrogens is 3. The van der Waals surface area contributed by atoms with Gasteiger partial charge in [0.05, 0.1) is 19.7 Å². The lowest BCUT2D eigenvalue weighted by Gasteiger charge is -2.16. The average molecular weight is 408 g/mol. The van der Waals surface area contributed by atoms with Crippen LogP contribution in [0.25, 0.3) is 11.4 Å². The first-order chi connectivity index (χ1) is 12.9. The van der Waals surface area contributed by atoms with Crippen molar-refractivity contribution in [1.82, 2.24) is 14.3 Å². The number of halogens is 2. The zero-order valence-corrected chi connectivity index (χ0v) is 16.9. The van der Waals surface area contributed by atoms with Gasteiger partial charge in [0.1, 0.15) is 18.1 Å². The third-order valence-electron chi connectivity index (χ3n) is 4.31. The van der Waals surface area contributed by atoms with Gasteiger partial charge in [-0.15, -0.1) is 5.10 Å². The number of nitrogens with zero attached hydrogens (tertiary/aromatic N) is 3. The van der Waals surface area contributed by atoms with E-state index in [2.05, 4.69) is 5.10 Å². The van der Waals surface area contributed by atoms with E-state index in [4.69, 9.17) is 28.6 Å². The highest BCUT2D eigenvalue weighted by molar-refractivity contribution is 7.71. The van der Waals surface area contributed by atoms with Crippen LogP contribution < -0.4 is 9.64 Å². The first kappa shape index (κ1) is 19.5. The van der Waals surface area contributed by atoms with E-state index in [-0.39, 0.29) is 5.82 Å². The number of rotatable bonds is 6. The molecule has 3 rings (SSSR count). The van der Waals surface area contributed by atoms with Crippen LogP contribution in [-0.4, -0.2) is 28.5 Å². The summed E-state index contributed by atoms with van der Waals surface area (Å²) in [6.45, 7) is 1.20. The molecule has 0 aliphatic carbocycles. The highest BCUT2D eigenvalue weighted by atomic mass is 35.5. The summed E-state index contributed by atoms with van der Waals surface area (Å²) in [6.07, 6.45) is 0. The van der Waals surface area contributed by atoms with Crippen molar-refractivity contribution in [1.29, 1.82) is 0 Å². The van der Waals surface area contributed by atoms with Crippen molar-refractivity contribution in [3.63, 3.8) is 0 Å². The van der Waals surface area contributed by atoms with Crippen molar-refractivity contribution in [2.75, 3.05) is 14.2 Å². The number of quaternary nitrogens is 1. The lowest BCUT2D eigenvalue weighted by molar-refractivity contribution is -0.917. The molecule has 0 fully saturated rings. The summed E-state index contributed by atoms with van der Waals surface area (Å²) < 4.78 is 23.5. The minimum absolute atomic E-state index is 0.322. The highest BCUT2D eigenvalue weighted by Gasteiger charge is 2.16. The quantitative estimate of drug-likeness (QED) is 0.638. The van der Waals surface area contributed by atoms with E-state index in [0.717, 1.165) is 16.2 Å². The molecule has 0 bridgehead atoms. The third kappa shape index (κ3) is 4.21. The predicted octanol–water partition coefficient (Wildman–Crippen LogP) is 3.09. The number of hydrogen-bond donors (Lipinski definition) is 1. The molecule has 1 unspecified atom stereocenters. The molecular weight excluding hydrogens is 387 g/mol.